The second-order valence-electron chi connectivity index (χ2n) is 3.80. The SMILES string of the molecule is CCNCCCc1nnnn1-c1ccccc1. The first-order valence-corrected chi connectivity index (χ1v) is 5.95. The lowest BCUT2D eigenvalue weighted by Gasteiger charge is -2.04. The molecule has 0 aliphatic heterocycles. The van der Waals surface area contributed by atoms with E-state index in [1.54, 1.807) is 4.68 Å². The molecule has 0 saturated carbocycles. The summed E-state index contributed by atoms with van der Waals surface area (Å²) in [7, 11) is 0. The summed E-state index contributed by atoms with van der Waals surface area (Å²) in [4.78, 5) is 0. The van der Waals surface area contributed by atoms with Crippen molar-refractivity contribution < 1.29 is 0 Å². The van der Waals surface area contributed by atoms with Gasteiger partial charge in [0.25, 0.3) is 0 Å². The van der Waals surface area contributed by atoms with Gasteiger partial charge in [-0.1, -0.05) is 25.1 Å². The molecule has 5 nitrogen and oxygen atoms in total. The highest BCUT2D eigenvalue weighted by molar-refractivity contribution is 5.30. The van der Waals surface area contributed by atoms with Gasteiger partial charge in [-0.15, -0.1) is 5.10 Å². The average Bonchev–Trinajstić information content (AvgIpc) is 2.84. The van der Waals surface area contributed by atoms with E-state index < -0.39 is 0 Å². The molecule has 2 rings (SSSR count). The lowest BCUT2D eigenvalue weighted by atomic mass is 10.2. The Morgan fingerprint density at radius 1 is 1.24 bits per heavy atom. The zero-order chi connectivity index (χ0) is 11.9. The number of aromatic nitrogens is 4. The van der Waals surface area contributed by atoms with E-state index in [2.05, 4.69) is 27.8 Å². The quantitative estimate of drug-likeness (QED) is 0.759. The molecule has 0 radical (unpaired) electrons. The summed E-state index contributed by atoms with van der Waals surface area (Å²) in [5, 5.41) is 15.1. The van der Waals surface area contributed by atoms with Crippen LogP contribution in [0.2, 0.25) is 0 Å². The van der Waals surface area contributed by atoms with E-state index in [9.17, 15) is 0 Å². The van der Waals surface area contributed by atoms with E-state index in [1.807, 2.05) is 30.3 Å². The summed E-state index contributed by atoms with van der Waals surface area (Å²) in [5.74, 6) is 0.911. The summed E-state index contributed by atoms with van der Waals surface area (Å²) in [6.45, 7) is 4.11. The molecule has 2 aromatic rings. The molecule has 0 unspecified atom stereocenters. The molecule has 0 atom stereocenters. The second-order valence-corrected chi connectivity index (χ2v) is 3.80. The number of hydrogen-bond acceptors (Lipinski definition) is 4. The van der Waals surface area contributed by atoms with Crippen molar-refractivity contribution in [1.29, 1.82) is 0 Å². The Hall–Kier alpha value is -1.75. The number of hydrogen-bond donors (Lipinski definition) is 1. The third-order valence-electron chi connectivity index (χ3n) is 2.54. The van der Waals surface area contributed by atoms with Crippen LogP contribution in [0, 0.1) is 0 Å². The molecule has 0 aliphatic carbocycles. The Kier molecular flexibility index (Phi) is 4.21. The van der Waals surface area contributed by atoms with Crippen LogP contribution in [0.3, 0.4) is 0 Å². The van der Waals surface area contributed by atoms with Crippen molar-refractivity contribution in [3.63, 3.8) is 0 Å². The molecule has 5 heteroatoms. The van der Waals surface area contributed by atoms with Crippen molar-refractivity contribution in [2.75, 3.05) is 13.1 Å². The molecule has 0 saturated heterocycles. The van der Waals surface area contributed by atoms with Gasteiger partial charge in [0.1, 0.15) is 0 Å². The van der Waals surface area contributed by atoms with Crippen LogP contribution in [0.4, 0.5) is 0 Å². The predicted molar refractivity (Wildman–Crippen MR) is 66.0 cm³/mol. The van der Waals surface area contributed by atoms with E-state index in [4.69, 9.17) is 0 Å². The number of para-hydroxylation sites is 1. The molecule has 0 amide bonds. The predicted octanol–water partition coefficient (Wildman–Crippen LogP) is 1.20. The zero-order valence-corrected chi connectivity index (χ0v) is 10.0. The van der Waals surface area contributed by atoms with Gasteiger partial charge in [0.15, 0.2) is 5.82 Å². The second kappa shape index (κ2) is 6.10. The molecule has 90 valence electrons. The van der Waals surface area contributed by atoms with Gasteiger partial charge >= 0.3 is 0 Å². The minimum atomic E-state index is 0.884. The van der Waals surface area contributed by atoms with Gasteiger partial charge in [0, 0.05) is 6.42 Å². The Bertz CT molecular complexity index is 437. The van der Waals surface area contributed by atoms with Crippen LogP contribution in [0.15, 0.2) is 30.3 Å². The molecule has 0 aliphatic rings. The van der Waals surface area contributed by atoms with Gasteiger partial charge in [-0.3, -0.25) is 0 Å². The topological polar surface area (TPSA) is 55.6 Å². The van der Waals surface area contributed by atoms with Crippen LogP contribution >= 0.6 is 0 Å². The summed E-state index contributed by atoms with van der Waals surface area (Å²) in [5.41, 5.74) is 1.01. The van der Waals surface area contributed by atoms with Crippen LogP contribution in [-0.4, -0.2) is 33.3 Å². The van der Waals surface area contributed by atoms with Gasteiger partial charge < -0.3 is 5.32 Å². The number of aryl methyl sites for hydroxylation is 1. The number of nitrogens with zero attached hydrogens (tertiary/aromatic N) is 4. The van der Waals surface area contributed by atoms with Crippen LogP contribution in [-0.2, 0) is 6.42 Å². The van der Waals surface area contributed by atoms with Crippen molar-refractivity contribution in [2.45, 2.75) is 19.8 Å². The lowest BCUT2D eigenvalue weighted by Crippen LogP contribution is -2.15. The van der Waals surface area contributed by atoms with Gasteiger partial charge in [-0.05, 0) is 42.1 Å². The van der Waals surface area contributed by atoms with Crippen molar-refractivity contribution in [3.8, 4) is 5.69 Å². The van der Waals surface area contributed by atoms with Crippen LogP contribution in [0.1, 0.15) is 19.2 Å². The van der Waals surface area contributed by atoms with Gasteiger partial charge in [0.2, 0.25) is 0 Å². The largest absolute Gasteiger partial charge is 0.317 e. The molecule has 1 aromatic carbocycles. The Balaban J connectivity index is 2.02. The normalized spacial score (nSPS) is 10.6. The van der Waals surface area contributed by atoms with E-state index in [1.165, 1.54) is 0 Å². The fraction of sp³-hybridized carbons (Fsp3) is 0.417. The third kappa shape index (κ3) is 3.10. The van der Waals surface area contributed by atoms with Crippen LogP contribution in [0.5, 0.6) is 0 Å². The summed E-state index contributed by atoms with van der Waals surface area (Å²) < 4.78 is 1.80. The fourth-order valence-corrected chi connectivity index (χ4v) is 1.68. The summed E-state index contributed by atoms with van der Waals surface area (Å²) in [6, 6.07) is 9.96. The number of nitrogens with one attached hydrogen (secondary N) is 1. The number of tetrazole rings is 1. The van der Waals surface area contributed by atoms with Crippen LogP contribution < -0.4 is 5.32 Å². The molecule has 0 bridgehead atoms. The Morgan fingerprint density at radius 3 is 2.82 bits per heavy atom. The molecule has 0 fully saturated rings. The molecular formula is C12H17N5. The zero-order valence-electron chi connectivity index (χ0n) is 10.0. The molecule has 1 N–H and O–H groups in total. The van der Waals surface area contributed by atoms with Crippen molar-refractivity contribution >= 4 is 0 Å². The van der Waals surface area contributed by atoms with Crippen LogP contribution in [0.25, 0.3) is 5.69 Å². The first-order chi connectivity index (χ1) is 8.42. The summed E-state index contributed by atoms with van der Waals surface area (Å²) >= 11 is 0. The third-order valence-corrected chi connectivity index (χ3v) is 2.54. The minimum Gasteiger partial charge on any atom is -0.317 e. The van der Waals surface area contributed by atoms with E-state index in [0.717, 1.165) is 37.4 Å². The first kappa shape index (κ1) is 11.7. The highest BCUT2D eigenvalue weighted by Crippen LogP contribution is 2.07. The number of benzene rings is 1. The maximum absolute atomic E-state index is 4.06. The molecular weight excluding hydrogens is 214 g/mol. The van der Waals surface area contributed by atoms with E-state index in [0.29, 0.717) is 0 Å². The minimum absolute atomic E-state index is 0.884. The molecule has 0 spiro atoms. The Labute approximate surface area is 101 Å². The van der Waals surface area contributed by atoms with Crippen molar-refractivity contribution in [1.82, 2.24) is 25.5 Å². The highest BCUT2D eigenvalue weighted by atomic mass is 15.5. The standard InChI is InChI=1S/C12H17N5/c1-2-13-10-6-9-12-14-15-16-17(12)11-7-4-3-5-8-11/h3-5,7-8,13H,2,6,9-10H2,1H3. The maximum Gasteiger partial charge on any atom is 0.156 e. The van der Waals surface area contributed by atoms with Gasteiger partial charge in [0.05, 0.1) is 5.69 Å². The maximum atomic E-state index is 4.06. The van der Waals surface area contributed by atoms with E-state index in [-0.39, 0.29) is 0 Å². The van der Waals surface area contributed by atoms with Gasteiger partial charge in [-0.25, -0.2) is 0 Å². The monoisotopic (exact) mass is 231 g/mol. The molecule has 17 heavy (non-hydrogen) atoms. The lowest BCUT2D eigenvalue weighted by molar-refractivity contribution is 0.648. The number of rotatable bonds is 6. The smallest absolute Gasteiger partial charge is 0.156 e. The van der Waals surface area contributed by atoms with Crippen molar-refractivity contribution in [3.05, 3.63) is 36.2 Å². The highest BCUT2D eigenvalue weighted by Gasteiger charge is 2.06. The average molecular weight is 231 g/mol. The molecule has 1 heterocycles. The molecule has 1 aromatic heterocycles. The van der Waals surface area contributed by atoms with Gasteiger partial charge in [-0.2, -0.15) is 4.68 Å². The Morgan fingerprint density at radius 2 is 2.06 bits per heavy atom. The van der Waals surface area contributed by atoms with Crippen molar-refractivity contribution in [2.24, 2.45) is 0 Å². The summed E-state index contributed by atoms with van der Waals surface area (Å²) in [6.07, 6.45) is 1.93. The fourth-order valence-electron chi connectivity index (χ4n) is 1.68. The van der Waals surface area contributed by atoms with E-state index >= 15 is 0 Å². The first-order valence-electron chi connectivity index (χ1n) is 5.95.